The zero-order valence-electron chi connectivity index (χ0n) is 10.2. The minimum Gasteiger partial charge on any atom is -0.406 e. The van der Waals surface area contributed by atoms with Crippen molar-refractivity contribution in [2.45, 2.75) is 44.8 Å². The Morgan fingerprint density at radius 1 is 1.47 bits per heavy atom. The Balaban J connectivity index is 1.63. The van der Waals surface area contributed by atoms with Gasteiger partial charge in [0.2, 0.25) is 5.89 Å². The third-order valence-corrected chi connectivity index (χ3v) is 2.86. The number of hydrogen-bond acceptors (Lipinski definition) is 6. The summed E-state index contributed by atoms with van der Waals surface area (Å²) in [7, 11) is 0. The largest absolute Gasteiger partial charge is 0.406 e. The zero-order valence-corrected chi connectivity index (χ0v) is 10.2. The Morgan fingerprint density at radius 3 is 2.88 bits per heavy atom. The van der Waals surface area contributed by atoms with Gasteiger partial charge in [0.25, 0.3) is 0 Å². The lowest BCUT2D eigenvalue weighted by Crippen LogP contribution is -2.15. The second kappa shape index (κ2) is 5.97. The summed E-state index contributed by atoms with van der Waals surface area (Å²) in [5.41, 5.74) is 5.62. The number of hydrogen-bond donors (Lipinski definition) is 2. The topological polar surface area (TPSA) is 86.2 Å². The van der Waals surface area contributed by atoms with E-state index in [-0.39, 0.29) is 6.04 Å². The van der Waals surface area contributed by atoms with Crippen molar-refractivity contribution in [1.82, 2.24) is 10.2 Å². The Labute approximate surface area is 101 Å². The van der Waals surface area contributed by atoms with E-state index in [1.807, 2.05) is 0 Å². The van der Waals surface area contributed by atoms with Gasteiger partial charge in [0.1, 0.15) is 0 Å². The molecule has 1 aromatic rings. The molecule has 0 aromatic carbocycles. The average molecular weight is 240 g/mol. The minimum absolute atomic E-state index is 0.229. The molecular formula is C11H20N4O2. The van der Waals surface area contributed by atoms with Gasteiger partial charge in [-0.2, -0.15) is 0 Å². The van der Waals surface area contributed by atoms with E-state index in [0.717, 1.165) is 0 Å². The molecule has 1 heterocycles. The first-order valence-electron chi connectivity index (χ1n) is 6.20. The van der Waals surface area contributed by atoms with E-state index in [2.05, 4.69) is 15.5 Å². The standard InChI is InChI=1S/C11H20N4O2/c1-8(12)10-14-15-11(17-10)13-6-7-16-9-4-2-3-5-9/h8-9H,2-7,12H2,1H3,(H,13,15). The molecule has 0 saturated heterocycles. The van der Waals surface area contributed by atoms with Gasteiger partial charge in [-0.1, -0.05) is 17.9 Å². The van der Waals surface area contributed by atoms with E-state index in [4.69, 9.17) is 14.9 Å². The van der Waals surface area contributed by atoms with E-state index in [0.29, 0.717) is 31.2 Å². The van der Waals surface area contributed by atoms with Gasteiger partial charge in [0.05, 0.1) is 18.8 Å². The molecule has 0 spiro atoms. The van der Waals surface area contributed by atoms with Crippen molar-refractivity contribution in [2.75, 3.05) is 18.5 Å². The summed E-state index contributed by atoms with van der Waals surface area (Å²) in [4.78, 5) is 0. The van der Waals surface area contributed by atoms with E-state index in [1.54, 1.807) is 6.92 Å². The molecule has 0 amide bonds. The fourth-order valence-corrected chi connectivity index (χ4v) is 1.93. The molecule has 17 heavy (non-hydrogen) atoms. The smallest absolute Gasteiger partial charge is 0.315 e. The summed E-state index contributed by atoms with van der Waals surface area (Å²) in [5, 5.41) is 10.7. The minimum atomic E-state index is -0.229. The number of rotatable bonds is 6. The maximum absolute atomic E-state index is 5.70. The molecule has 2 rings (SSSR count). The number of nitrogens with two attached hydrogens (primary N) is 1. The van der Waals surface area contributed by atoms with Crippen LogP contribution in [0.4, 0.5) is 6.01 Å². The van der Waals surface area contributed by atoms with Crippen molar-refractivity contribution < 1.29 is 9.15 Å². The van der Waals surface area contributed by atoms with E-state index < -0.39 is 0 Å². The van der Waals surface area contributed by atoms with Crippen molar-refractivity contribution in [3.05, 3.63) is 5.89 Å². The lowest BCUT2D eigenvalue weighted by Gasteiger charge is -2.10. The molecule has 1 aromatic heterocycles. The molecule has 1 aliphatic carbocycles. The lowest BCUT2D eigenvalue weighted by atomic mass is 10.3. The van der Waals surface area contributed by atoms with Crippen molar-refractivity contribution in [3.8, 4) is 0 Å². The first kappa shape index (κ1) is 12.3. The molecule has 0 radical (unpaired) electrons. The lowest BCUT2D eigenvalue weighted by molar-refractivity contribution is 0.0656. The second-order valence-corrected chi connectivity index (χ2v) is 4.44. The molecule has 1 aliphatic rings. The van der Waals surface area contributed by atoms with Gasteiger partial charge in [-0.3, -0.25) is 0 Å². The third kappa shape index (κ3) is 3.67. The predicted molar refractivity (Wildman–Crippen MR) is 63.6 cm³/mol. The number of ether oxygens (including phenoxy) is 1. The van der Waals surface area contributed by atoms with Crippen LogP contribution in [-0.4, -0.2) is 29.5 Å². The summed E-state index contributed by atoms with van der Waals surface area (Å²) in [6, 6.07) is 0.181. The van der Waals surface area contributed by atoms with Gasteiger partial charge >= 0.3 is 6.01 Å². The first-order valence-corrected chi connectivity index (χ1v) is 6.20. The molecule has 6 heteroatoms. The van der Waals surface area contributed by atoms with Gasteiger partial charge in [0, 0.05) is 6.54 Å². The fraction of sp³-hybridized carbons (Fsp3) is 0.818. The van der Waals surface area contributed by atoms with Gasteiger partial charge in [0.15, 0.2) is 0 Å². The Kier molecular flexibility index (Phi) is 4.33. The third-order valence-electron chi connectivity index (χ3n) is 2.86. The highest BCUT2D eigenvalue weighted by Gasteiger charge is 2.15. The Morgan fingerprint density at radius 2 is 2.24 bits per heavy atom. The van der Waals surface area contributed by atoms with Crippen LogP contribution in [-0.2, 0) is 4.74 Å². The quantitative estimate of drug-likeness (QED) is 0.732. The van der Waals surface area contributed by atoms with Gasteiger partial charge in [-0.15, -0.1) is 5.10 Å². The maximum Gasteiger partial charge on any atom is 0.315 e. The summed E-state index contributed by atoms with van der Waals surface area (Å²) < 4.78 is 11.0. The predicted octanol–water partition coefficient (Wildman–Crippen LogP) is 1.46. The molecule has 1 saturated carbocycles. The second-order valence-electron chi connectivity index (χ2n) is 4.44. The van der Waals surface area contributed by atoms with Crippen molar-refractivity contribution in [2.24, 2.45) is 5.73 Å². The summed E-state index contributed by atoms with van der Waals surface area (Å²) in [6.45, 7) is 3.15. The van der Waals surface area contributed by atoms with Crippen LogP contribution in [0.15, 0.2) is 4.42 Å². The van der Waals surface area contributed by atoms with E-state index >= 15 is 0 Å². The molecule has 0 bridgehead atoms. The van der Waals surface area contributed by atoms with Gasteiger partial charge in [-0.25, -0.2) is 0 Å². The summed E-state index contributed by atoms with van der Waals surface area (Å²) >= 11 is 0. The van der Waals surface area contributed by atoms with E-state index in [9.17, 15) is 0 Å². The Hall–Kier alpha value is -1.14. The molecule has 1 unspecified atom stereocenters. The molecule has 3 N–H and O–H groups in total. The fourth-order valence-electron chi connectivity index (χ4n) is 1.93. The summed E-state index contributed by atoms with van der Waals surface area (Å²) in [6.07, 6.45) is 5.41. The maximum atomic E-state index is 5.70. The van der Waals surface area contributed by atoms with Crippen LogP contribution in [0.5, 0.6) is 0 Å². The van der Waals surface area contributed by atoms with Crippen molar-refractivity contribution >= 4 is 6.01 Å². The highest BCUT2D eigenvalue weighted by Crippen LogP contribution is 2.20. The van der Waals surface area contributed by atoms with E-state index in [1.165, 1.54) is 25.7 Å². The Bertz CT molecular complexity index is 334. The highest BCUT2D eigenvalue weighted by atomic mass is 16.5. The number of aromatic nitrogens is 2. The average Bonchev–Trinajstić information content (AvgIpc) is 2.96. The van der Waals surface area contributed by atoms with Crippen LogP contribution < -0.4 is 11.1 Å². The number of nitrogens with one attached hydrogen (secondary N) is 1. The normalized spacial score (nSPS) is 18.5. The molecule has 1 fully saturated rings. The molecule has 96 valence electrons. The van der Waals surface area contributed by atoms with Crippen LogP contribution in [0.25, 0.3) is 0 Å². The molecule has 6 nitrogen and oxygen atoms in total. The van der Waals surface area contributed by atoms with Crippen LogP contribution in [0.2, 0.25) is 0 Å². The SMILES string of the molecule is CC(N)c1nnc(NCCOC2CCCC2)o1. The molecule has 0 aliphatic heterocycles. The zero-order chi connectivity index (χ0) is 12.1. The molecule has 1 atom stereocenters. The molecular weight excluding hydrogens is 220 g/mol. The van der Waals surface area contributed by atoms with Crippen LogP contribution in [0, 0.1) is 0 Å². The van der Waals surface area contributed by atoms with Crippen LogP contribution in [0.1, 0.15) is 44.5 Å². The van der Waals surface area contributed by atoms with Gasteiger partial charge < -0.3 is 20.2 Å². The number of nitrogens with zero attached hydrogens (tertiary/aromatic N) is 2. The number of anilines is 1. The van der Waals surface area contributed by atoms with Crippen LogP contribution >= 0.6 is 0 Å². The monoisotopic (exact) mass is 240 g/mol. The van der Waals surface area contributed by atoms with Crippen molar-refractivity contribution in [1.29, 1.82) is 0 Å². The summed E-state index contributed by atoms with van der Waals surface area (Å²) in [5.74, 6) is 0.448. The van der Waals surface area contributed by atoms with Gasteiger partial charge in [-0.05, 0) is 19.8 Å². The highest BCUT2D eigenvalue weighted by molar-refractivity contribution is 5.16. The van der Waals surface area contributed by atoms with Crippen LogP contribution in [0.3, 0.4) is 0 Å². The van der Waals surface area contributed by atoms with Crippen molar-refractivity contribution in [3.63, 3.8) is 0 Å². The first-order chi connectivity index (χ1) is 8.25.